The van der Waals surface area contributed by atoms with Crippen molar-refractivity contribution in [1.82, 2.24) is 0 Å². The van der Waals surface area contributed by atoms with Crippen LogP contribution in [-0.4, -0.2) is 22.7 Å². The first-order valence-corrected chi connectivity index (χ1v) is 14.3. The zero-order chi connectivity index (χ0) is 24.5. The van der Waals surface area contributed by atoms with Gasteiger partial charge in [0.05, 0.1) is 0 Å². The first-order chi connectivity index (χ1) is 16.4. The Balaban J connectivity index is 1.73. The van der Waals surface area contributed by atoms with Crippen LogP contribution < -0.4 is 0 Å². The van der Waals surface area contributed by atoms with Crippen molar-refractivity contribution in [3.63, 3.8) is 0 Å². The van der Waals surface area contributed by atoms with Gasteiger partial charge in [0.25, 0.3) is 0 Å². The van der Waals surface area contributed by atoms with E-state index >= 15 is 0 Å². The molecular formula is C30H36ClNOS. The van der Waals surface area contributed by atoms with Gasteiger partial charge in [-0.05, 0) is 103 Å². The number of hydrogen-bond donors (Lipinski definition) is 0. The van der Waals surface area contributed by atoms with E-state index in [1.807, 2.05) is 26.1 Å². The van der Waals surface area contributed by atoms with Gasteiger partial charge in [-0.3, -0.25) is 4.99 Å². The molecule has 3 rings (SSSR count). The van der Waals surface area contributed by atoms with Gasteiger partial charge in [0.15, 0.2) is 0 Å². The summed E-state index contributed by atoms with van der Waals surface area (Å²) in [4.78, 5) is 4.39. The predicted octanol–water partition coefficient (Wildman–Crippen LogP) is 8.01. The Morgan fingerprint density at radius 3 is 2.50 bits per heavy atom. The molecule has 0 radical (unpaired) electrons. The lowest BCUT2D eigenvalue weighted by atomic mass is 9.87. The Morgan fingerprint density at radius 1 is 1.12 bits per heavy atom. The van der Waals surface area contributed by atoms with Crippen LogP contribution in [0.3, 0.4) is 0 Å². The standard InChI is InChI=1S/C30H36ClNOS/c1-5-26(20-32-6-2)29(21-34(31)33)27-17-15-24(16-18-27)13-14-25-11-8-12-28(19-25)30-22(3)9-7-10-23(30)4/h5,8-9,11-12,15-20,29H,6-7,10,13-14,21H2,1-4H3/b26-5+,32-20?. The molecule has 0 saturated heterocycles. The molecule has 0 amide bonds. The fourth-order valence-corrected chi connectivity index (χ4v) is 5.73. The van der Waals surface area contributed by atoms with E-state index in [1.165, 1.54) is 33.4 Å². The van der Waals surface area contributed by atoms with Gasteiger partial charge in [-0.1, -0.05) is 66.3 Å². The SMILES string of the molecule is C/C=C(\C=NCC)C(CS(=O)Cl)c1ccc(CCc2cccc(C3=C(C)CCC=C3C)c2)cc1. The van der Waals surface area contributed by atoms with Gasteiger partial charge in [0, 0.05) is 24.4 Å². The van der Waals surface area contributed by atoms with Gasteiger partial charge < -0.3 is 0 Å². The Bertz CT molecular complexity index is 1120. The third-order valence-electron chi connectivity index (χ3n) is 6.55. The van der Waals surface area contributed by atoms with Crippen molar-refractivity contribution >= 4 is 32.5 Å². The zero-order valence-corrected chi connectivity index (χ0v) is 22.4. The van der Waals surface area contributed by atoms with Crippen molar-refractivity contribution in [3.8, 4) is 0 Å². The maximum atomic E-state index is 11.8. The Morgan fingerprint density at radius 2 is 1.85 bits per heavy atom. The summed E-state index contributed by atoms with van der Waals surface area (Å²) in [6, 6.07) is 17.7. The molecule has 34 heavy (non-hydrogen) atoms. The van der Waals surface area contributed by atoms with Crippen LogP contribution in [0.4, 0.5) is 0 Å². The van der Waals surface area contributed by atoms with Crippen molar-refractivity contribution < 1.29 is 4.21 Å². The first-order valence-electron chi connectivity index (χ1n) is 12.2. The van der Waals surface area contributed by atoms with Crippen LogP contribution in [0.2, 0.25) is 0 Å². The molecule has 0 N–H and O–H groups in total. The Kier molecular flexibility index (Phi) is 10.1. The molecule has 0 fully saturated rings. The summed E-state index contributed by atoms with van der Waals surface area (Å²) >= 11 is 0. The van der Waals surface area contributed by atoms with Crippen LogP contribution in [0.15, 0.2) is 82.4 Å². The molecule has 1 aliphatic rings. The van der Waals surface area contributed by atoms with Gasteiger partial charge in [0.1, 0.15) is 10.0 Å². The second-order valence-electron chi connectivity index (χ2n) is 8.95. The van der Waals surface area contributed by atoms with E-state index in [4.69, 9.17) is 10.7 Å². The third kappa shape index (κ3) is 7.13. The Labute approximate surface area is 212 Å². The summed E-state index contributed by atoms with van der Waals surface area (Å²) in [7, 11) is 4.48. The van der Waals surface area contributed by atoms with E-state index in [0.717, 1.165) is 43.4 Å². The molecule has 0 aliphatic heterocycles. The first kappa shape index (κ1) is 26.4. The summed E-state index contributed by atoms with van der Waals surface area (Å²) in [6.07, 6.45) is 10.6. The van der Waals surface area contributed by atoms with E-state index in [-0.39, 0.29) is 5.92 Å². The third-order valence-corrected chi connectivity index (χ3v) is 7.52. The number of aliphatic imine (C=N–C) groups is 1. The van der Waals surface area contributed by atoms with Crippen molar-refractivity contribution in [2.45, 2.75) is 59.3 Å². The zero-order valence-electron chi connectivity index (χ0n) is 20.8. The molecule has 0 spiro atoms. The summed E-state index contributed by atoms with van der Waals surface area (Å²) in [6.45, 7) is 9.22. The lowest BCUT2D eigenvalue weighted by Crippen LogP contribution is -2.11. The summed E-state index contributed by atoms with van der Waals surface area (Å²) in [5.74, 6) is 0.361. The van der Waals surface area contributed by atoms with Gasteiger partial charge in [-0.25, -0.2) is 4.21 Å². The van der Waals surface area contributed by atoms with E-state index < -0.39 is 10.0 Å². The monoisotopic (exact) mass is 493 g/mol. The molecule has 0 saturated carbocycles. The summed E-state index contributed by atoms with van der Waals surface area (Å²) in [5, 5.41) is 0. The second kappa shape index (κ2) is 13.0. The van der Waals surface area contributed by atoms with Gasteiger partial charge >= 0.3 is 0 Å². The van der Waals surface area contributed by atoms with Crippen molar-refractivity contribution in [1.29, 1.82) is 0 Å². The fourth-order valence-electron chi connectivity index (χ4n) is 4.71. The number of nitrogens with zero attached hydrogens (tertiary/aromatic N) is 1. The van der Waals surface area contributed by atoms with Gasteiger partial charge in [-0.15, -0.1) is 0 Å². The molecule has 2 aromatic rings. The maximum absolute atomic E-state index is 11.8. The van der Waals surface area contributed by atoms with Gasteiger partial charge in [0.2, 0.25) is 0 Å². The number of hydrogen-bond acceptors (Lipinski definition) is 2. The molecule has 1 aliphatic carbocycles. The molecule has 0 aromatic heterocycles. The topological polar surface area (TPSA) is 29.4 Å². The van der Waals surface area contributed by atoms with Crippen LogP contribution in [0.5, 0.6) is 0 Å². The lowest BCUT2D eigenvalue weighted by Gasteiger charge is -2.19. The highest BCUT2D eigenvalue weighted by Crippen LogP contribution is 2.33. The van der Waals surface area contributed by atoms with E-state index in [1.54, 1.807) is 0 Å². The average molecular weight is 494 g/mol. The van der Waals surface area contributed by atoms with Crippen molar-refractivity contribution in [2.75, 3.05) is 12.3 Å². The molecule has 0 heterocycles. The highest BCUT2D eigenvalue weighted by molar-refractivity contribution is 8.08. The Hall–Kier alpha value is -2.23. The number of halogens is 1. The number of benzene rings is 2. The molecule has 180 valence electrons. The quantitative estimate of drug-likeness (QED) is 0.243. The van der Waals surface area contributed by atoms with Crippen molar-refractivity contribution in [3.05, 3.63) is 99.7 Å². The highest BCUT2D eigenvalue weighted by atomic mass is 35.7. The van der Waals surface area contributed by atoms with Crippen LogP contribution in [0.25, 0.3) is 5.57 Å². The van der Waals surface area contributed by atoms with Gasteiger partial charge in [-0.2, -0.15) is 0 Å². The van der Waals surface area contributed by atoms with E-state index in [0.29, 0.717) is 5.75 Å². The number of rotatable bonds is 10. The van der Waals surface area contributed by atoms with E-state index in [9.17, 15) is 4.21 Å². The minimum Gasteiger partial charge on any atom is -0.293 e. The minimum atomic E-state index is -1.41. The molecule has 2 unspecified atom stereocenters. The molecule has 2 nitrogen and oxygen atoms in total. The maximum Gasteiger partial charge on any atom is 0.115 e. The largest absolute Gasteiger partial charge is 0.293 e. The van der Waals surface area contributed by atoms with Crippen molar-refractivity contribution in [2.24, 2.45) is 4.99 Å². The number of aryl methyl sites for hydroxylation is 2. The molecule has 2 aromatic carbocycles. The predicted molar refractivity (Wildman–Crippen MR) is 150 cm³/mol. The van der Waals surface area contributed by atoms with Crippen LogP contribution in [0.1, 0.15) is 68.7 Å². The van der Waals surface area contributed by atoms with Crippen LogP contribution in [-0.2, 0) is 22.9 Å². The average Bonchev–Trinajstić information content (AvgIpc) is 2.83. The van der Waals surface area contributed by atoms with Crippen LogP contribution >= 0.6 is 10.7 Å². The highest BCUT2D eigenvalue weighted by Gasteiger charge is 2.18. The minimum absolute atomic E-state index is 0.0207. The summed E-state index contributed by atoms with van der Waals surface area (Å²) < 4.78 is 11.8. The lowest BCUT2D eigenvalue weighted by molar-refractivity contribution is 0.688. The molecular weight excluding hydrogens is 458 g/mol. The summed E-state index contributed by atoms with van der Waals surface area (Å²) in [5.41, 5.74) is 10.5. The van der Waals surface area contributed by atoms with Crippen LogP contribution in [0, 0.1) is 0 Å². The second-order valence-corrected chi connectivity index (χ2v) is 10.9. The smallest absolute Gasteiger partial charge is 0.115 e. The fraction of sp³-hybridized carbons (Fsp3) is 0.367. The molecule has 2 atom stereocenters. The molecule has 0 bridgehead atoms. The normalized spacial score (nSPS) is 16.6. The number of allylic oxidation sites excluding steroid dienone is 6. The van der Waals surface area contributed by atoms with E-state index in [2.05, 4.69) is 73.4 Å². The molecule has 4 heteroatoms.